The number of pyridine rings is 1. The average molecular weight is 532 g/mol. The molecule has 11 heteroatoms. The molecule has 0 saturated carbocycles. The molecule has 0 saturated heterocycles. The van der Waals surface area contributed by atoms with E-state index in [9.17, 15) is 20.0 Å². The van der Waals surface area contributed by atoms with Gasteiger partial charge in [0.25, 0.3) is 0 Å². The molecule has 0 aliphatic heterocycles. The van der Waals surface area contributed by atoms with E-state index in [4.69, 9.17) is 20.0 Å². The molecule has 2 heterocycles. The topological polar surface area (TPSA) is 162 Å². The third-order valence-corrected chi connectivity index (χ3v) is 6.53. The molecule has 38 heavy (non-hydrogen) atoms. The van der Waals surface area contributed by atoms with Crippen LogP contribution in [0.4, 0.5) is 10.2 Å². The van der Waals surface area contributed by atoms with Gasteiger partial charge in [0.05, 0.1) is 17.9 Å². The summed E-state index contributed by atoms with van der Waals surface area (Å²) in [5.74, 6) is 0.746. The van der Waals surface area contributed by atoms with Crippen LogP contribution in [0.25, 0.3) is 22.6 Å². The van der Waals surface area contributed by atoms with Crippen molar-refractivity contribution in [2.45, 2.75) is 23.8 Å². The van der Waals surface area contributed by atoms with E-state index in [2.05, 4.69) is 16.0 Å². The van der Waals surface area contributed by atoms with Crippen molar-refractivity contribution in [3.63, 3.8) is 0 Å². The van der Waals surface area contributed by atoms with Crippen molar-refractivity contribution in [1.29, 1.82) is 10.5 Å². The molecule has 0 aliphatic carbocycles. The summed E-state index contributed by atoms with van der Waals surface area (Å²) in [5, 5.41) is 38.5. The van der Waals surface area contributed by atoms with E-state index in [1.165, 1.54) is 24.1 Å². The van der Waals surface area contributed by atoms with Crippen LogP contribution < -0.4 is 10.5 Å². The Morgan fingerprint density at radius 2 is 1.82 bits per heavy atom. The molecular formula is C27H22FN5O4S. The second-order valence-corrected chi connectivity index (χ2v) is 9.18. The molecule has 0 bridgehead atoms. The molecule has 0 aliphatic rings. The highest BCUT2D eigenvalue weighted by Gasteiger charge is 2.21. The number of oxazole rings is 1. The van der Waals surface area contributed by atoms with Gasteiger partial charge in [0.15, 0.2) is 0 Å². The van der Waals surface area contributed by atoms with Crippen LogP contribution >= 0.6 is 11.8 Å². The maximum Gasteiger partial charge on any atom is 0.226 e. The summed E-state index contributed by atoms with van der Waals surface area (Å²) in [6.07, 6.45) is 0.471. The van der Waals surface area contributed by atoms with Crippen molar-refractivity contribution < 1.29 is 23.8 Å². The molecule has 9 nitrogen and oxygen atoms in total. The van der Waals surface area contributed by atoms with Gasteiger partial charge in [0, 0.05) is 16.9 Å². The number of aryl methyl sites for hydroxylation is 1. The lowest BCUT2D eigenvalue weighted by Crippen LogP contribution is -2.21. The zero-order chi connectivity index (χ0) is 27.2. The number of hydrogen-bond donors (Lipinski definition) is 3. The lowest BCUT2D eigenvalue weighted by Gasteiger charge is -2.14. The summed E-state index contributed by atoms with van der Waals surface area (Å²) >= 11 is 1.22. The Balaban J connectivity index is 1.60. The molecule has 0 radical (unpaired) electrons. The van der Waals surface area contributed by atoms with Crippen LogP contribution in [0.5, 0.6) is 5.75 Å². The van der Waals surface area contributed by atoms with Gasteiger partial charge in [-0.05, 0) is 48.4 Å². The van der Waals surface area contributed by atoms with E-state index in [-0.39, 0.29) is 29.4 Å². The van der Waals surface area contributed by atoms with Crippen LogP contribution in [-0.4, -0.2) is 39.5 Å². The smallest absolute Gasteiger partial charge is 0.226 e. The fraction of sp³-hybridized carbons (Fsp3) is 0.185. The molecule has 2 aromatic carbocycles. The SMILES string of the molecule is Cc1cc(-c2nc(CSc3nc(N)c(C#N)c(-c4ccc(OC[C@H](O)CO)cc4)c3C#N)co2)ccc1F. The van der Waals surface area contributed by atoms with Crippen molar-refractivity contribution in [3.8, 4) is 40.5 Å². The average Bonchev–Trinajstić information content (AvgIpc) is 3.41. The lowest BCUT2D eigenvalue weighted by molar-refractivity contribution is 0.0536. The van der Waals surface area contributed by atoms with Gasteiger partial charge >= 0.3 is 0 Å². The van der Waals surface area contributed by atoms with Crippen molar-refractivity contribution >= 4 is 17.6 Å². The van der Waals surface area contributed by atoms with Gasteiger partial charge in [-0.3, -0.25) is 0 Å². The number of halogens is 1. The molecule has 0 amide bonds. The van der Waals surface area contributed by atoms with Crippen LogP contribution in [0.15, 0.2) is 58.2 Å². The van der Waals surface area contributed by atoms with Crippen LogP contribution in [0.1, 0.15) is 22.4 Å². The van der Waals surface area contributed by atoms with Crippen molar-refractivity contribution in [1.82, 2.24) is 9.97 Å². The summed E-state index contributed by atoms with van der Waals surface area (Å²) in [6, 6.07) is 15.3. The molecule has 0 fully saturated rings. The number of ether oxygens (including phenoxy) is 1. The highest BCUT2D eigenvalue weighted by atomic mass is 32.2. The first-order valence-electron chi connectivity index (χ1n) is 11.3. The van der Waals surface area contributed by atoms with E-state index in [0.717, 1.165) is 0 Å². The number of aliphatic hydroxyl groups excluding tert-OH is 2. The maximum atomic E-state index is 13.6. The Hall–Kier alpha value is -4.42. The van der Waals surface area contributed by atoms with Gasteiger partial charge < -0.3 is 25.1 Å². The van der Waals surface area contributed by atoms with Gasteiger partial charge in [-0.2, -0.15) is 10.5 Å². The number of nitrogens with zero attached hydrogens (tertiary/aromatic N) is 4. The molecule has 1 atom stereocenters. The van der Waals surface area contributed by atoms with Crippen molar-refractivity contribution in [2.24, 2.45) is 0 Å². The second-order valence-electron chi connectivity index (χ2n) is 8.22. The monoisotopic (exact) mass is 531 g/mol. The first-order valence-corrected chi connectivity index (χ1v) is 12.3. The third kappa shape index (κ3) is 5.76. The second kappa shape index (κ2) is 11.8. The minimum absolute atomic E-state index is 0.0157. The predicted octanol–water partition coefficient (Wildman–Crippen LogP) is 4.20. The number of aromatic nitrogens is 2. The summed E-state index contributed by atoms with van der Waals surface area (Å²) in [5.41, 5.74) is 8.94. The summed E-state index contributed by atoms with van der Waals surface area (Å²) in [4.78, 5) is 8.75. The number of anilines is 1. The Morgan fingerprint density at radius 3 is 2.47 bits per heavy atom. The zero-order valence-electron chi connectivity index (χ0n) is 20.2. The van der Waals surface area contributed by atoms with Gasteiger partial charge in [-0.25, -0.2) is 14.4 Å². The van der Waals surface area contributed by atoms with Crippen LogP contribution in [0.2, 0.25) is 0 Å². The number of rotatable bonds is 9. The zero-order valence-corrected chi connectivity index (χ0v) is 21.0. The number of nitrogens with two attached hydrogens (primary N) is 1. The number of hydrogen-bond acceptors (Lipinski definition) is 10. The normalized spacial score (nSPS) is 11.5. The molecule has 2 aromatic heterocycles. The molecule has 192 valence electrons. The number of thioether (sulfide) groups is 1. The standard InChI is InChI=1S/C27H22FN5O4S/c1-15-8-17(4-7-23(15)28)26-32-18(12-37-26)14-38-27-22(10-30)24(21(9-29)25(31)33-27)16-2-5-20(6-3-16)36-13-19(35)11-34/h2-8,12,19,34-35H,11,13-14H2,1H3,(H2,31,33)/t19-/m1/s1. The molecule has 4 aromatic rings. The number of aliphatic hydroxyl groups is 2. The Morgan fingerprint density at radius 1 is 1.11 bits per heavy atom. The minimum atomic E-state index is -1.01. The first-order chi connectivity index (χ1) is 18.3. The molecule has 0 spiro atoms. The van der Waals surface area contributed by atoms with E-state index >= 15 is 0 Å². The van der Waals surface area contributed by atoms with E-state index in [1.54, 1.807) is 43.3 Å². The van der Waals surface area contributed by atoms with Gasteiger partial charge in [0.1, 0.15) is 59.1 Å². The molecule has 0 unspecified atom stereocenters. The molecular weight excluding hydrogens is 509 g/mol. The largest absolute Gasteiger partial charge is 0.491 e. The maximum absolute atomic E-state index is 13.6. The van der Waals surface area contributed by atoms with Crippen LogP contribution in [0.3, 0.4) is 0 Å². The Kier molecular flexibility index (Phi) is 8.24. The highest BCUT2D eigenvalue weighted by Crippen LogP contribution is 2.37. The summed E-state index contributed by atoms with van der Waals surface area (Å²) < 4.78 is 24.6. The fourth-order valence-electron chi connectivity index (χ4n) is 3.58. The predicted molar refractivity (Wildman–Crippen MR) is 138 cm³/mol. The fourth-order valence-corrected chi connectivity index (χ4v) is 4.45. The molecule has 4 rings (SSSR count). The summed E-state index contributed by atoms with van der Waals surface area (Å²) in [6.45, 7) is 1.15. The first kappa shape index (κ1) is 26.6. The number of nitriles is 2. The highest BCUT2D eigenvalue weighted by molar-refractivity contribution is 7.98. The molecule has 4 N–H and O–H groups in total. The minimum Gasteiger partial charge on any atom is -0.491 e. The van der Waals surface area contributed by atoms with Crippen molar-refractivity contribution in [2.75, 3.05) is 18.9 Å². The van der Waals surface area contributed by atoms with Gasteiger partial charge in [-0.15, -0.1) is 0 Å². The lowest BCUT2D eigenvalue weighted by atomic mass is 9.97. The van der Waals surface area contributed by atoms with Gasteiger partial charge in [0.2, 0.25) is 5.89 Å². The van der Waals surface area contributed by atoms with Crippen LogP contribution in [-0.2, 0) is 5.75 Å². The van der Waals surface area contributed by atoms with E-state index in [0.29, 0.717) is 50.4 Å². The Bertz CT molecular complexity index is 1540. The van der Waals surface area contributed by atoms with E-state index in [1.807, 2.05) is 6.07 Å². The van der Waals surface area contributed by atoms with E-state index < -0.39 is 12.7 Å². The number of benzene rings is 2. The summed E-state index contributed by atoms with van der Waals surface area (Å²) in [7, 11) is 0. The van der Waals surface area contributed by atoms with Gasteiger partial charge in [-0.1, -0.05) is 23.9 Å². The quantitative estimate of drug-likeness (QED) is 0.267. The third-order valence-electron chi connectivity index (χ3n) is 5.53. The number of nitrogen functional groups attached to an aromatic ring is 1. The Labute approximate surface area is 222 Å². The van der Waals surface area contributed by atoms with Crippen LogP contribution in [0, 0.1) is 35.4 Å². The van der Waals surface area contributed by atoms with Crippen molar-refractivity contribution in [3.05, 3.63) is 76.9 Å².